The number of amides is 1. The van der Waals surface area contributed by atoms with Gasteiger partial charge in [-0.25, -0.2) is 18.4 Å². The van der Waals surface area contributed by atoms with Crippen LogP contribution in [0.2, 0.25) is 0 Å². The normalized spacial score (nSPS) is 31.9. The molecule has 3 aliphatic carbocycles. The molecule has 39 heavy (non-hydrogen) atoms. The first-order valence-electron chi connectivity index (χ1n) is 14.4. The number of carbonyl (C=O) groups is 2. The number of aromatic nitrogens is 2. The lowest BCUT2D eigenvalue weighted by Crippen LogP contribution is -2.51. The molecule has 6 unspecified atom stereocenters. The highest BCUT2D eigenvalue weighted by molar-refractivity contribution is 5.85. The van der Waals surface area contributed by atoms with E-state index in [-0.39, 0.29) is 54.3 Å². The van der Waals surface area contributed by atoms with Gasteiger partial charge in [-0.05, 0) is 76.8 Å². The van der Waals surface area contributed by atoms with Crippen molar-refractivity contribution in [2.45, 2.75) is 95.2 Å². The molecular weight excluding hydrogens is 510 g/mol. The van der Waals surface area contributed by atoms with Crippen molar-refractivity contribution in [2.75, 3.05) is 20.6 Å². The minimum absolute atomic E-state index is 0.0431. The molecule has 1 amide bonds. The van der Waals surface area contributed by atoms with Crippen molar-refractivity contribution in [3.8, 4) is 0 Å². The SMILES string of the molecule is CN(C)CCn1ccc(=O)n(C2CCCC3C(C[C@H](NC(=O)C4C(F)CCCC4F)C(=O)O)CCCC32)c1=O. The Hall–Kier alpha value is -2.56. The quantitative estimate of drug-likeness (QED) is 0.487. The minimum Gasteiger partial charge on any atom is -0.480 e. The Labute approximate surface area is 227 Å². The molecule has 4 rings (SSSR count). The Morgan fingerprint density at radius 2 is 1.67 bits per heavy atom. The van der Waals surface area contributed by atoms with E-state index < -0.39 is 36.2 Å². The number of rotatable bonds is 9. The van der Waals surface area contributed by atoms with Crippen molar-refractivity contribution in [1.82, 2.24) is 19.4 Å². The van der Waals surface area contributed by atoms with E-state index in [1.807, 2.05) is 19.0 Å². The highest BCUT2D eigenvalue weighted by Gasteiger charge is 2.44. The van der Waals surface area contributed by atoms with E-state index in [2.05, 4.69) is 5.32 Å². The zero-order chi connectivity index (χ0) is 28.3. The van der Waals surface area contributed by atoms with E-state index in [0.717, 1.165) is 32.1 Å². The summed E-state index contributed by atoms with van der Waals surface area (Å²) < 4.78 is 31.7. The summed E-state index contributed by atoms with van der Waals surface area (Å²) >= 11 is 0. The van der Waals surface area contributed by atoms with Crippen LogP contribution >= 0.6 is 0 Å². The first kappa shape index (κ1) is 29.4. The molecule has 3 saturated carbocycles. The molecule has 2 N–H and O–H groups in total. The van der Waals surface area contributed by atoms with Gasteiger partial charge < -0.3 is 15.3 Å². The number of fused-ring (bicyclic) bond motifs is 1. The van der Waals surface area contributed by atoms with Gasteiger partial charge in [0.05, 0.1) is 0 Å². The molecule has 1 aromatic rings. The van der Waals surface area contributed by atoms with Gasteiger partial charge in [-0.1, -0.05) is 19.3 Å². The highest BCUT2D eigenvalue weighted by atomic mass is 19.1. The van der Waals surface area contributed by atoms with E-state index >= 15 is 0 Å². The van der Waals surface area contributed by atoms with E-state index in [0.29, 0.717) is 25.9 Å². The lowest BCUT2D eigenvalue weighted by molar-refractivity contribution is -0.145. The Balaban J connectivity index is 1.51. The summed E-state index contributed by atoms with van der Waals surface area (Å²) in [4.78, 5) is 53.2. The van der Waals surface area contributed by atoms with Crippen LogP contribution in [0.1, 0.15) is 70.3 Å². The second-order valence-corrected chi connectivity index (χ2v) is 11.9. The molecule has 1 aromatic heterocycles. The maximum absolute atomic E-state index is 14.4. The Morgan fingerprint density at radius 1 is 1.03 bits per heavy atom. The molecule has 3 fully saturated rings. The van der Waals surface area contributed by atoms with Gasteiger partial charge >= 0.3 is 11.7 Å². The molecule has 218 valence electrons. The second kappa shape index (κ2) is 12.7. The standard InChI is InChI=1S/C28H42F2N4O5/c1-32(2)14-15-33-13-12-24(35)34(28(33)39)23-11-4-7-18-17(6-3-8-19(18)23)16-22(27(37)38)31-26(36)25-20(29)9-5-10-21(25)30/h12-13,17-23,25H,3-11,14-16H2,1-2H3,(H,31,36)(H,37,38)/t17?,18?,19?,20?,21?,22-,23?,25?/m0/s1. The van der Waals surface area contributed by atoms with Crippen molar-refractivity contribution < 1.29 is 23.5 Å². The van der Waals surface area contributed by atoms with Crippen LogP contribution in [0.5, 0.6) is 0 Å². The number of carboxylic acid groups (broad SMARTS) is 1. The topological polar surface area (TPSA) is 114 Å². The van der Waals surface area contributed by atoms with Gasteiger partial charge in [0, 0.05) is 31.4 Å². The van der Waals surface area contributed by atoms with Gasteiger partial charge in [0.15, 0.2) is 0 Å². The largest absolute Gasteiger partial charge is 0.480 e. The lowest BCUT2D eigenvalue weighted by Gasteiger charge is -2.46. The molecule has 0 radical (unpaired) electrons. The summed E-state index contributed by atoms with van der Waals surface area (Å²) in [5.74, 6) is -3.47. The molecular formula is C28H42F2N4O5. The summed E-state index contributed by atoms with van der Waals surface area (Å²) in [5, 5.41) is 12.4. The summed E-state index contributed by atoms with van der Waals surface area (Å²) in [6, 6.07) is -0.0675. The molecule has 1 heterocycles. The summed E-state index contributed by atoms with van der Waals surface area (Å²) in [6.07, 6.45) is 3.82. The monoisotopic (exact) mass is 552 g/mol. The minimum atomic E-state index is -1.62. The summed E-state index contributed by atoms with van der Waals surface area (Å²) in [6.45, 7) is 1.13. The molecule has 7 atom stereocenters. The number of nitrogens with zero attached hydrogens (tertiary/aromatic N) is 3. The number of likely N-dealkylation sites (N-methyl/N-ethyl adjacent to an activating group) is 1. The molecule has 9 nitrogen and oxygen atoms in total. The number of carboxylic acids is 1. The molecule has 0 saturated heterocycles. The predicted octanol–water partition coefficient (Wildman–Crippen LogP) is 2.76. The fraction of sp³-hybridized carbons (Fsp3) is 0.786. The van der Waals surface area contributed by atoms with Gasteiger partial charge in [-0.3, -0.25) is 18.7 Å². The average Bonchev–Trinajstić information content (AvgIpc) is 2.88. The van der Waals surface area contributed by atoms with Crippen molar-refractivity contribution in [3.05, 3.63) is 33.1 Å². The van der Waals surface area contributed by atoms with E-state index in [9.17, 15) is 33.1 Å². The predicted molar refractivity (Wildman–Crippen MR) is 142 cm³/mol. The number of hydrogen-bond acceptors (Lipinski definition) is 5. The van der Waals surface area contributed by atoms with Gasteiger partial charge in [0.2, 0.25) is 5.91 Å². The maximum atomic E-state index is 14.4. The third kappa shape index (κ3) is 6.61. The number of carbonyl (C=O) groups excluding carboxylic acids is 1. The van der Waals surface area contributed by atoms with Crippen LogP contribution in [0, 0.1) is 23.7 Å². The van der Waals surface area contributed by atoms with Gasteiger partial charge in [0.25, 0.3) is 5.56 Å². The van der Waals surface area contributed by atoms with E-state index in [4.69, 9.17) is 0 Å². The van der Waals surface area contributed by atoms with Gasteiger partial charge in [-0.2, -0.15) is 0 Å². The molecule has 0 aliphatic heterocycles. The summed E-state index contributed by atoms with van der Waals surface area (Å²) in [5.41, 5.74) is -0.638. The van der Waals surface area contributed by atoms with Gasteiger partial charge in [0.1, 0.15) is 24.3 Å². The number of hydrogen-bond donors (Lipinski definition) is 2. The van der Waals surface area contributed by atoms with E-state index in [1.54, 1.807) is 10.8 Å². The van der Waals surface area contributed by atoms with Crippen LogP contribution in [-0.4, -0.2) is 70.0 Å². The zero-order valence-electron chi connectivity index (χ0n) is 22.9. The Kier molecular flexibility index (Phi) is 9.61. The lowest BCUT2D eigenvalue weighted by atomic mass is 9.62. The molecule has 0 bridgehead atoms. The van der Waals surface area contributed by atoms with E-state index in [1.165, 1.54) is 10.6 Å². The van der Waals surface area contributed by atoms with Crippen LogP contribution in [-0.2, 0) is 16.1 Å². The molecule has 11 heteroatoms. The van der Waals surface area contributed by atoms with Crippen molar-refractivity contribution in [3.63, 3.8) is 0 Å². The smallest absolute Gasteiger partial charge is 0.331 e. The fourth-order valence-electron chi connectivity index (χ4n) is 7.24. The molecule has 0 aromatic carbocycles. The number of halogens is 2. The van der Waals surface area contributed by atoms with Crippen LogP contribution in [0.3, 0.4) is 0 Å². The maximum Gasteiger partial charge on any atom is 0.331 e. The molecule has 3 aliphatic rings. The number of nitrogens with one attached hydrogen (secondary N) is 1. The first-order chi connectivity index (χ1) is 18.6. The van der Waals surface area contributed by atoms with Crippen LogP contribution in [0.15, 0.2) is 21.9 Å². The van der Waals surface area contributed by atoms with Gasteiger partial charge in [-0.15, -0.1) is 0 Å². The van der Waals surface area contributed by atoms with Crippen molar-refractivity contribution in [1.29, 1.82) is 0 Å². The molecule has 0 spiro atoms. The first-order valence-corrected chi connectivity index (χ1v) is 14.4. The number of aliphatic carboxylic acids is 1. The van der Waals surface area contributed by atoms with Crippen LogP contribution < -0.4 is 16.6 Å². The van der Waals surface area contributed by atoms with Crippen molar-refractivity contribution in [2.24, 2.45) is 23.7 Å². The fourth-order valence-corrected chi connectivity index (χ4v) is 7.24. The Bertz CT molecular complexity index is 1130. The summed E-state index contributed by atoms with van der Waals surface area (Å²) in [7, 11) is 3.84. The second-order valence-electron chi connectivity index (χ2n) is 11.9. The third-order valence-corrected chi connectivity index (χ3v) is 9.20. The average molecular weight is 553 g/mol. The zero-order valence-corrected chi connectivity index (χ0v) is 22.9. The van der Waals surface area contributed by atoms with Crippen molar-refractivity contribution >= 4 is 11.9 Å². The highest BCUT2D eigenvalue weighted by Crippen LogP contribution is 2.49. The van der Waals surface area contributed by atoms with Crippen LogP contribution in [0.4, 0.5) is 8.78 Å². The Morgan fingerprint density at radius 3 is 2.33 bits per heavy atom. The third-order valence-electron chi connectivity index (χ3n) is 9.20. The number of alkyl halides is 2. The van der Waals surface area contributed by atoms with Crippen LogP contribution in [0.25, 0.3) is 0 Å².